The number of halogens is 1. The van der Waals surface area contributed by atoms with Gasteiger partial charge in [-0.2, -0.15) is 0 Å². The van der Waals surface area contributed by atoms with Gasteiger partial charge in [0.05, 0.1) is 5.69 Å². The van der Waals surface area contributed by atoms with Crippen molar-refractivity contribution in [1.82, 2.24) is 0 Å². The Morgan fingerprint density at radius 2 is 1.91 bits per heavy atom. The normalized spacial score (nSPS) is 33.2. The first-order valence-corrected chi connectivity index (χ1v) is 8.35. The molecule has 2 atom stereocenters. The number of fused-ring (bicyclic) bond motifs is 2. The minimum Gasteiger partial charge on any atom is -0.411 e. The van der Waals surface area contributed by atoms with Crippen molar-refractivity contribution >= 4 is 39.0 Å². The van der Waals surface area contributed by atoms with Crippen LogP contribution in [-0.4, -0.2) is 22.6 Å². The molecule has 2 N–H and O–H groups in total. The van der Waals surface area contributed by atoms with E-state index in [-0.39, 0.29) is 17.4 Å². The number of para-hydroxylation sites is 1. The van der Waals surface area contributed by atoms with Crippen molar-refractivity contribution in [1.29, 1.82) is 0 Å². The predicted octanol–water partition coefficient (Wildman–Crippen LogP) is 3.61. The molecule has 0 aromatic heterocycles. The Morgan fingerprint density at radius 1 is 1.26 bits per heavy atom. The average Bonchev–Trinajstić information content (AvgIpc) is 2.77. The highest BCUT2D eigenvalue weighted by molar-refractivity contribution is 9.10. The highest BCUT2D eigenvalue weighted by atomic mass is 79.9. The molecule has 1 aromatic rings. The van der Waals surface area contributed by atoms with Gasteiger partial charge in [-0.3, -0.25) is 9.59 Å². The van der Waals surface area contributed by atoms with Gasteiger partial charge in [0.1, 0.15) is 11.1 Å². The van der Waals surface area contributed by atoms with E-state index in [0.717, 1.165) is 4.47 Å². The number of oxime groups is 1. The van der Waals surface area contributed by atoms with Crippen LogP contribution in [-0.2, 0) is 9.59 Å². The minimum atomic E-state index is -1.20. The first kappa shape index (κ1) is 16.2. The van der Waals surface area contributed by atoms with Crippen molar-refractivity contribution in [3.63, 3.8) is 0 Å². The third kappa shape index (κ3) is 1.75. The van der Waals surface area contributed by atoms with E-state index in [1.54, 1.807) is 6.07 Å². The summed E-state index contributed by atoms with van der Waals surface area (Å²) < 4.78 is 0.754. The third-order valence-electron chi connectivity index (χ3n) is 6.18. The fourth-order valence-corrected chi connectivity index (χ4v) is 4.63. The molecule has 2 fully saturated rings. The maximum absolute atomic E-state index is 13.1. The number of ketones is 1. The smallest absolute Gasteiger partial charge is 0.239 e. The van der Waals surface area contributed by atoms with E-state index in [4.69, 9.17) is 0 Å². The lowest BCUT2D eigenvalue weighted by molar-refractivity contribution is -0.140. The molecule has 1 aromatic carbocycles. The van der Waals surface area contributed by atoms with Crippen molar-refractivity contribution < 1.29 is 14.8 Å². The topological polar surface area (TPSA) is 78.8 Å². The van der Waals surface area contributed by atoms with Crippen LogP contribution in [0.3, 0.4) is 0 Å². The number of carbonyl (C=O) groups is 2. The molecule has 5 nitrogen and oxygen atoms in total. The van der Waals surface area contributed by atoms with Gasteiger partial charge in [0.15, 0.2) is 5.78 Å². The van der Waals surface area contributed by atoms with E-state index in [0.29, 0.717) is 18.5 Å². The van der Waals surface area contributed by atoms with Crippen molar-refractivity contribution in [3.05, 3.63) is 28.7 Å². The van der Waals surface area contributed by atoms with E-state index in [9.17, 15) is 14.8 Å². The number of benzene rings is 1. The lowest BCUT2D eigenvalue weighted by atomic mass is 9.64. The number of carbonyl (C=O) groups excluding carboxylic acids is 2. The zero-order valence-corrected chi connectivity index (χ0v) is 14.9. The van der Waals surface area contributed by atoms with Gasteiger partial charge in [0, 0.05) is 9.89 Å². The van der Waals surface area contributed by atoms with Gasteiger partial charge in [-0.25, -0.2) is 0 Å². The fraction of sp³-hybridized carbons (Fsp3) is 0.471. The van der Waals surface area contributed by atoms with Crippen LogP contribution < -0.4 is 5.32 Å². The zero-order valence-electron chi connectivity index (χ0n) is 13.3. The monoisotopic (exact) mass is 378 g/mol. The molecule has 0 spiro atoms. The summed E-state index contributed by atoms with van der Waals surface area (Å²) in [7, 11) is 0. The maximum Gasteiger partial charge on any atom is 0.239 e. The standard InChI is InChI=1S/C17H19BrN2O3/c1-15(2)16(3)8-9-17(15,13(21)12(16)20-23)14(22)19-11-7-5-4-6-10(11)18/h4-7,23H,8-9H2,1-3H3,(H,19,22)/b20-12+. The predicted molar refractivity (Wildman–Crippen MR) is 90.6 cm³/mol. The molecule has 2 aliphatic rings. The van der Waals surface area contributed by atoms with Crippen molar-refractivity contribution in [3.8, 4) is 0 Å². The summed E-state index contributed by atoms with van der Waals surface area (Å²) in [5.74, 6) is -0.690. The van der Waals surface area contributed by atoms with Crippen LogP contribution in [0, 0.1) is 16.2 Å². The summed E-state index contributed by atoms with van der Waals surface area (Å²) in [5.41, 5.74) is -1.67. The fourth-order valence-electron chi connectivity index (χ4n) is 4.25. The third-order valence-corrected chi connectivity index (χ3v) is 6.87. The van der Waals surface area contributed by atoms with Gasteiger partial charge in [-0.15, -0.1) is 0 Å². The van der Waals surface area contributed by atoms with Crippen molar-refractivity contribution in [2.75, 3.05) is 5.32 Å². The highest BCUT2D eigenvalue weighted by Gasteiger charge is 2.76. The summed E-state index contributed by atoms with van der Waals surface area (Å²) in [5, 5.41) is 15.4. The quantitative estimate of drug-likeness (QED) is 0.468. The van der Waals surface area contributed by atoms with Crippen molar-refractivity contribution in [2.45, 2.75) is 33.6 Å². The van der Waals surface area contributed by atoms with Crippen LogP contribution in [0.5, 0.6) is 0 Å². The molecule has 122 valence electrons. The molecule has 23 heavy (non-hydrogen) atoms. The number of Topliss-reactive ketones (excluding diaryl/α,β-unsaturated/α-hetero) is 1. The number of amides is 1. The summed E-state index contributed by atoms with van der Waals surface area (Å²) in [6, 6.07) is 7.28. The van der Waals surface area contributed by atoms with Gasteiger partial charge in [0.2, 0.25) is 5.91 Å². The van der Waals surface area contributed by atoms with Gasteiger partial charge in [-0.05, 0) is 46.3 Å². The van der Waals surface area contributed by atoms with Gasteiger partial charge in [-0.1, -0.05) is 38.1 Å². The second-order valence-electron chi connectivity index (χ2n) is 7.07. The number of nitrogens with one attached hydrogen (secondary N) is 1. The number of rotatable bonds is 2. The number of hydrogen-bond donors (Lipinski definition) is 2. The van der Waals surface area contributed by atoms with E-state index in [2.05, 4.69) is 26.4 Å². The molecule has 1 amide bonds. The van der Waals surface area contributed by atoms with E-state index in [1.807, 2.05) is 39.0 Å². The van der Waals surface area contributed by atoms with Crippen LogP contribution in [0.25, 0.3) is 0 Å². The molecular formula is C17H19BrN2O3. The van der Waals surface area contributed by atoms with Crippen LogP contribution >= 0.6 is 15.9 Å². The zero-order chi connectivity index (χ0) is 17.0. The Morgan fingerprint density at radius 3 is 2.48 bits per heavy atom. The molecule has 2 bridgehead atoms. The molecule has 0 saturated heterocycles. The molecule has 0 heterocycles. The Bertz CT molecular complexity index is 743. The van der Waals surface area contributed by atoms with E-state index >= 15 is 0 Å². The lowest BCUT2D eigenvalue weighted by Crippen LogP contribution is -2.47. The second-order valence-corrected chi connectivity index (χ2v) is 7.93. The molecule has 0 radical (unpaired) electrons. The summed E-state index contributed by atoms with van der Waals surface area (Å²) >= 11 is 3.40. The molecular weight excluding hydrogens is 360 g/mol. The first-order chi connectivity index (χ1) is 10.7. The highest BCUT2D eigenvalue weighted by Crippen LogP contribution is 2.69. The molecule has 6 heteroatoms. The Hall–Kier alpha value is -1.69. The van der Waals surface area contributed by atoms with Crippen molar-refractivity contribution in [2.24, 2.45) is 21.4 Å². The minimum absolute atomic E-state index is 0.121. The van der Waals surface area contributed by atoms with Crippen LogP contribution in [0.2, 0.25) is 0 Å². The number of nitrogens with zero attached hydrogens (tertiary/aromatic N) is 1. The molecule has 2 unspecified atom stereocenters. The first-order valence-electron chi connectivity index (χ1n) is 7.56. The number of anilines is 1. The lowest BCUT2D eigenvalue weighted by Gasteiger charge is -2.37. The van der Waals surface area contributed by atoms with Crippen LogP contribution in [0.4, 0.5) is 5.69 Å². The summed E-state index contributed by atoms with van der Waals surface area (Å²) in [6.07, 6.45) is 1.11. The Balaban J connectivity index is 2.06. The van der Waals surface area contributed by atoms with Crippen LogP contribution in [0.1, 0.15) is 33.6 Å². The molecule has 2 aliphatic carbocycles. The van der Waals surface area contributed by atoms with Gasteiger partial charge < -0.3 is 10.5 Å². The van der Waals surface area contributed by atoms with E-state index in [1.165, 1.54) is 0 Å². The number of hydrogen-bond acceptors (Lipinski definition) is 4. The Labute approximate surface area is 143 Å². The van der Waals surface area contributed by atoms with Crippen LogP contribution in [0.15, 0.2) is 33.9 Å². The average molecular weight is 379 g/mol. The van der Waals surface area contributed by atoms with Gasteiger partial charge in [0.25, 0.3) is 0 Å². The van der Waals surface area contributed by atoms with Gasteiger partial charge >= 0.3 is 0 Å². The summed E-state index contributed by atoms with van der Waals surface area (Å²) in [6.45, 7) is 5.73. The SMILES string of the molecule is CC12CCC(C(=O)Nc3ccccc3Br)(C(=O)/C1=N\O)C2(C)C. The largest absolute Gasteiger partial charge is 0.411 e. The summed E-state index contributed by atoms with van der Waals surface area (Å²) in [4.78, 5) is 26.0. The molecule has 3 rings (SSSR count). The second kappa shape index (κ2) is 4.90. The molecule has 0 aliphatic heterocycles. The Kier molecular flexibility index (Phi) is 3.45. The van der Waals surface area contributed by atoms with E-state index < -0.39 is 16.2 Å². The molecule has 2 saturated carbocycles. The maximum atomic E-state index is 13.1.